The molecule has 0 amide bonds. The molecule has 26 heteroatoms. The molecule has 26 nitrogen and oxygen atoms in total. The van der Waals surface area contributed by atoms with Crippen LogP contribution in [0, 0.1) is 0 Å². The van der Waals surface area contributed by atoms with Crippen LogP contribution in [0.5, 0.6) is 0 Å². The van der Waals surface area contributed by atoms with E-state index >= 15 is 0 Å². The summed E-state index contributed by atoms with van der Waals surface area (Å²) in [6.45, 7) is -9.31. The van der Waals surface area contributed by atoms with Crippen LogP contribution >= 0.6 is 0 Å². The maximum atomic E-state index is 11.5. The van der Waals surface area contributed by atoms with Crippen LogP contribution < -0.4 is 0 Å². The third-order valence-electron chi connectivity index (χ3n) is 10.7. The smallest absolute Gasteiger partial charge is 0.224 e. The second kappa shape index (κ2) is 17.9. The third-order valence-corrected chi connectivity index (χ3v) is 10.7. The average molecular weight is 829 g/mol. The fourth-order valence-corrected chi connectivity index (χ4v) is 7.16. The van der Waals surface area contributed by atoms with Gasteiger partial charge < -0.3 is 129 Å². The predicted octanol–water partition coefficient (Wildman–Crippen LogP) is -11.9. The Morgan fingerprint density at radius 2 is 0.750 bits per heavy atom. The fraction of sp³-hybridized carbons (Fsp3) is 1.00. The van der Waals surface area contributed by atoms with Crippen LogP contribution in [0.15, 0.2) is 0 Å². The molecule has 21 atom stereocenters. The lowest BCUT2D eigenvalue weighted by atomic mass is 9.99. The molecular formula is C30H52O26. The largest absolute Gasteiger partial charge is 0.394 e. The van der Waals surface area contributed by atoms with Crippen LogP contribution in [0.25, 0.3) is 0 Å². The Morgan fingerprint density at radius 1 is 0.375 bits per heavy atom. The van der Waals surface area contributed by atoms with Crippen LogP contribution in [0.2, 0.25) is 0 Å². The number of ether oxygens (including phenoxy) is 9. The highest BCUT2D eigenvalue weighted by Crippen LogP contribution is 2.43. The Morgan fingerprint density at radius 3 is 1.21 bits per heavy atom. The standard InChI is InChI=1S/C30H52O26/c31-1-10-15(37)20(42)21(43)26(51-10)56-30(25(47)19(41)14(55-30)5-48-27(6-35)22(44)16(38)11(2-32)52-27)9-50-29(24(46)18(40)13(4-34)54-29)8-49-28(7-36)23(45)17(39)12(3-33)53-28/h10-26,31-47H,1-9H2. The van der Waals surface area contributed by atoms with Crippen LogP contribution in [0.3, 0.4) is 0 Å². The number of hydrogen-bond acceptors (Lipinski definition) is 26. The second-order valence-corrected chi connectivity index (χ2v) is 14.2. The Balaban J connectivity index is 1.47. The summed E-state index contributed by atoms with van der Waals surface area (Å²) in [5.41, 5.74) is 0. The van der Waals surface area contributed by atoms with E-state index in [9.17, 15) is 86.8 Å². The monoisotopic (exact) mass is 828 g/mol. The number of rotatable bonds is 17. The van der Waals surface area contributed by atoms with E-state index in [1.54, 1.807) is 0 Å². The van der Waals surface area contributed by atoms with Gasteiger partial charge in [-0.1, -0.05) is 0 Å². The molecule has 5 saturated heterocycles. The summed E-state index contributed by atoms with van der Waals surface area (Å²) >= 11 is 0. The molecule has 0 bridgehead atoms. The van der Waals surface area contributed by atoms with Crippen molar-refractivity contribution in [2.45, 2.75) is 127 Å². The molecule has 0 radical (unpaired) electrons. The van der Waals surface area contributed by atoms with E-state index in [1.165, 1.54) is 0 Å². The lowest BCUT2D eigenvalue weighted by molar-refractivity contribution is -0.405. The van der Waals surface area contributed by atoms with Crippen LogP contribution in [-0.2, 0) is 42.6 Å². The summed E-state index contributed by atoms with van der Waals surface area (Å²) < 4.78 is 50.3. The molecule has 0 aromatic heterocycles. The van der Waals surface area contributed by atoms with Gasteiger partial charge in [-0.05, 0) is 0 Å². The van der Waals surface area contributed by atoms with Crippen LogP contribution in [0.4, 0.5) is 0 Å². The first-order chi connectivity index (χ1) is 26.4. The van der Waals surface area contributed by atoms with Gasteiger partial charge in [-0.15, -0.1) is 0 Å². The zero-order valence-electron chi connectivity index (χ0n) is 29.5. The minimum Gasteiger partial charge on any atom is -0.394 e. The SMILES string of the molecule is OCC1OC(OC2(COC3(COC4(CO)OC(CO)C(O)C4O)OC(CO)C(O)C3O)OC(COC3(CO)OC(CO)C(O)C3O)C(O)C2O)C(O)C(O)C1O. The Kier molecular flexibility index (Phi) is 14.7. The first-order valence-electron chi connectivity index (χ1n) is 17.5. The zero-order chi connectivity index (χ0) is 41.5. The number of hydrogen-bond donors (Lipinski definition) is 17. The van der Waals surface area contributed by atoms with E-state index in [-0.39, 0.29) is 0 Å². The van der Waals surface area contributed by atoms with Gasteiger partial charge in [0.1, 0.15) is 124 Å². The summed E-state index contributed by atoms with van der Waals surface area (Å²) in [6.07, 6.45) is -32.5. The van der Waals surface area contributed by atoms with E-state index < -0.39 is 187 Å². The molecule has 0 aliphatic carbocycles. The molecule has 5 heterocycles. The lowest BCUT2D eigenvalue weighted by Crippen LogP contribution is -2.63. The predicted molar refractivity (Wildman–Crippen MR) is 167 cm³/mol. The van der Waals surface area contributed by atoms with Crippen molar-refractivity contribution in [3.63, 3.8) is 0 Å². The average Bonchev–Trinajstić information content (AvgIpc) is 3.80. The molecule has 56 heavy (non-hydrogen) atoms. The van der Waals surface area contributed by atoms with Crippen molar-refractivity contribution in [1.29, 1.82) is 0 Å². The van der Waals surface area contributed by atoms with Crippen molar-refractivity contribution in [2.75, 3.05) is 59.5 Å². The normalized spacial score (nSPS) is 52.3. The van der Waals surface area contributed by atoms with Crippen molar-refractivity contribution >= 4 is 0 Å². The Hall–Kier alpha value is -1.04. The molecule has 0 aromatic carbocycles. The van der Waals surface area contributed by atoms with Gasteiger partial charge in [0.15, 0.2) is 6.29 Å². The van der Waals surface area contributed by atoms with Crippen molar-refractivity contribution in [2.24, 2.45) is 0 Å². The summed E-state index contributed by atoms with van der Waals surface area (Å²) in [5, 5.41) is 177. The van der Waals surface area contributed by atoms with Gasteiger partial charge in [-0.2, -0.15) is 0 Å². The molecule has 5 fully saturated rings. The molecule has 0 saturated carbocycles. The Bertz CT molecular complexity index is 1270. The van der Waals surface area contributed by atoms with Gasteiger partial charge in [0.2, 0.25) is 23.1 Å². The highest BCUT2D eigenvalue weighted by Gasteiger charge is 2.65. The topological polar surface area (TPSA) is 427 Å². The van der Waals surface area contributed by atoms with Crippen LogP contribution in [-0.4, -0.2) is 273 Å². The van der Waals surface area contributed by atoms with Gasteiger partial charge in [0.25, 0.3) is 0 Å². The Labute approximate surface area is 316 Å². The molecule has 17 N–H and O–H groups in total. The molecule has 0 spiro atoms. The first kappa shape index (κ1) is 46.0. The fourth-order valence-electron chi connectivity index (χ4n) is 7.16. The van der Waals surface area contributed by atoms with Crippen molar-refractivity contribution in [3.8, 4) is 0 Å². The van der Waals surface area contributed by atoms with Gasteiger partial charge in [-0.25, -0.2) is 0 Å². The zero-order valence-corrected chi connectivity index (χ0v) is 29.5. The summed E-state index contributed by atoms with van der Waals surface area (Å²) in [6, 6.07) is 0. The summed E-state index contributed by atoms with van der Waals surface area (Å²) in [7, 11) is 0. The minimum atomic E-state index is -2.88. The molecule has 5 aliphatic rings. The molecule has 21 unspecified atom stereocenters. The highest BCUT2D eigenvalue weighted by molar-refractivity contribution is 5.04. The van der Waals surface area contributed by atoms with E-state index in [2.05, 4.69) is 0 Å². The van der Waals surface area contributed by atoms with Crippen molar-refractivity contribution in [3.05, 3.63) is 0 Å². The summed E-state index contributed by atoms with van der Waals surface area (Å²) in [4.78, 5) is 0. The minimum absolute atomic E-state index is 0.823. The summed E-state index contributed by atoms with van der Waals surface area (Å²) in [5.74, 6) is -10.6. The van der Waals surface area contributed by atoms with Gasteiger partial charge >= 0.3 is 0 Å². The molecular weight excluding hydrogens is 776 g/mol. The number of aliphatic hydroxyl groups excluding tert-OH is 17. The molecule has 0 aromatic rings. The lowest BCUT2D eigenvalue weighted by Gasteiger charge is -2.44. The van der Waals surface area contributed by atoms with E-state index in [1.807, 2.05) is 0 Å². The van der Waals surface area contributed by atoms with Crippen molar-refractivity contribution in [1.82, 2.24) is 0 Å². The van der Waals surface area contributed by atoms with E-state index in [0.717, 1.165) is 0 Å². The quantitative estimate of drug-likeness (QED) is 0.0647. The van der Waals surface area contributed by atoms with Crippen LogP contribution in [0.1, 0.15) is 0 Å². The van der Waals surface area contributed by atoms with E-state index in [0.29, 0.717) is 0 Å². The third kappa shape index (κ3) is 7.97. The molecule has 5 aliphatic heterocycles. The van der Waals surface area contributed by atoms with Crippen molar-refractivity contribution < 1.29 is 129 Å². The van der Waals surface area contributed by atoms with Gasteiger partial charge in [-0.3, -0.25) is 0 Å². The van der Waals surface area contributed by atoms with Gasteiger partial charge in [0.05, 0.1) is 33.0 Å². The second-order valence-electron chi connectivity index (χ2n) is 14.2. The first-order valence-corrected chi connectivity index (χ1v) is 17.5. The molecule has 5 rings (SSSR count). The molecule has 328 valence electrons. The highest BCUT2D eigenvalue weighted by atomic mass is 16.8. The maximum Gasteiger partial charge on any atom is 0.224 e. The van der Waals surface area contributed by atoms with E-state index in [4.69, 9.17) is 42.6 Å². The maximum absolute atomic E-state index is 11.5. The van der Waals surface area contributed by atoms with Gasteiger partial charge in [0, 0.05) is 0 Å². The number of aliphatic hydroxyl groups is 17.